The van der Waals surface area contributed by atoms with E-state index in [-0.39, 0.29) is 17.6 Å². The van der Waals surface area contributed by atoms with E-state index in [1.165, 1.54) is 10.5 Å². The zero-order valence-electron chi connectivity index (χ0n) is 15.7. The summed E-state index contributed by atoms with van der Waals surface area (Å²) in [5, 5.41) is 5.72. The van der Waals surface area contributed by atoms with Crippen molar-refractivity contribution in [1.82, 2.24) is 9.88 Å². The lowest BCUT2D eigenvalue weighted by molar-refractivity contribution is -0.115. The fourth-order valence-corrected chi connectivity index (χ4v) is 4.06. The number of carbonyl (C=O) groups is 2. The number of hydrogen-bond acceptors (Lipinski definition) is 5. The average Bonchev–Trinajstić information content (AvgIpc) is 3.10. The summed E-state index contributed by atoms with van der Waals surface area (Å²) >= 11 is 2.65. The number of aromatic nitrogens is 1. The minimum Gasteiger partial charge on any atom is -0.339 e. The lowest BCUT2D eigenvalue weighted by atomic mass is 10.2. The smallest absolute Gasteiger partial charge is 0.286 e. The van der Waals surface area contributed by atoms with Crippen molar-refractivity contribution in [3.05, 3.63) is 76.2 Å². The molecule has 2 aromatic carbocycles. The summed E-state index contributed by atoms with van der Waals surface area (Å²) < 4.78 is 0. The summed E-state index contributed by atoms with van der Waals surface area (Å²) in [4.78, 5) is 31.2. The minimum atomic E-state index is -0.151. The van der Waals surface area contributed by atoms with E-state index >= 15 is 0 Å². The molecule has 7 heteroatoms. The van der Waals surface area contributed by atoms with E-state index in [0.29, 0.717) is 5.69 Å². The molecule has 1 heterocycles. The molecule has 0 saturated carbocycles. The molecule has 0 aliphatic heterocycles. The largest absolute Gasteiger partial charge is 0.339 e. The molecule has 0 bridgehead atoms. The van der Waals surface area contributed by atoms with Crippen LogP contribution in [0.4, 0.5) is 10.5 Å². The van der Waals surface area contributed by atoms with E-state index in [1.54, 1.807) is 31.5 Å². The molecule has 0 fully saturated rings. The highest BCUT2D eigenvalue weighted by Crippen LogP contribution is 2.28. The van der Waals surface area contributed by atoms with Crippen LogP contribution in [-0.2, 0) is 17.6 Å². The Hall–Kier alpha value is -2.64. The number of thiazole rings is 1. The van der Waals surface area contributed by atoms with Gasteiger partial charge in [0, 0.05) is 30.8 Å². The van der Waals surface area contributed by atoms with Crippen LogP contribution in [0.2, 0.25) is 0 Å². The summed E-state index contributed by atoms with van der Waals surface area (Å²) in [6.45, 7) is 0. The van der Waals surface area contributed by atoms with Crippen LogP contribution in [0.25, 0.3) is 0 Å². The molecule has 0 aliphatic rings. The Balaban J connectivity index is 1.61. The third-order valence-electron chi connectivity index (χ3n) is 3.86. The molecule has 3 rings (SSSR count). The van der Waals surface area contributed by atoms with Gasteiger partial charge in [-0.05, 0) is 29.5 Å². The van der Waals surface area contributed by atoms with Crippen LogP contribution in [0.3, 0.4) is 0 Å². The second-order valence-corrected chi connectivity index (χ2v) is 8.31. The summed E-state index contributed by atoms with van der Waals surface area (Å²) in [5.74, 6) is -0.151. The Morgan fingerprint density at radius 3 is 2.54 bits per heavy atom. The van der Waals surface area contributed by atoms with Gasteiger partial charge < -0.3 is 10.2 Å². The number of thioether (sulfide) groups is 1. The van der Waals surface area contributed by atoms with Gasteiger partial charge in [-0.25, -0.2) is 4.98 Å². The van der Waals surface area contributed by atoms with Gasteiger partial charge in [-0.1, -0.05) is 42.5 Å². The molecule has 144 valence electrons. The number of rotatable bonds is 6. The van der Waals surface area contributed by atoms with E-state index in [9.17, 15) is 9.59 Å². The molecule has 0 aliphatic carbocycles. The molecule has 0 atom stereocenters. The van der Waals surface area contributed by atoms with Crippen molar-refractivity contribution in [2.24, 2.45) is 0 Å². The highest BCUT2D eigenvalue weighted by Gasteiger charge is 2.14. The van der Waals surface area contributed by atoms with Gasteiger partial charge in [0.15, 0.2) is 0 Å². The van der Waals surface area contributed by atoms with E-state index in [4.69, 9.17) is 0 Å². The number of anilines is 1. The van der Waals surface area contributed by atoms with E-state index in [0.717, 1.165) is 33.8 Å². The van der Waals surface area contributed by atoms with Crippen LogP contribution < -0.4 is 5.32 Å². The predicted octanol–water partition coefficient (Wildman–Crippen LogP) is 4.69. The Bertz CT molecular complexity index is 955. The van der Waals surface area contributed by atoms with Crippen molar-refractivity contribution < 1.29 is 9.59 Å². The quantitative estimate of drug-likeness (QED) is 0.598. The average molecular weight is 412 g/mol. The number of nitrogens with one attached hydrogen (secondary N) is 1. The highest BCUT2D eigenvalue weighted by molar-refractivity contribution is 8.13. The first kappa shape index (κ1) is 20.1. The van der Waals surface area contributed by atoms with Gasteiger partial charge in [0.1, 0.15) is 0 Å². The number of hydrogen-bond donors (Lipinski definition) is 1. The molecule has 2 amide bonds. The molecule has 3 aromatic rings. The summed E-state index contributed by atoms with van der Waals surface area (Å²) in [5.41, 5.74) is 2.58. The van der Waals surface area contributed by atoms with E-state index < -0.39 is 0 Å². The van der Waals surface area contributed by atoms with Crippen LogP contribution in [0.15, 0.2) is 64.9 Å². The van der Waals surface area contributed by atoms with Crippen molar-refractivity contribution in [2.45, 2.75) is 17.7 Å². The second-order valence-electron chi connectivity index (χ2n) is 6.38. The van der Waals surface area contributed by atoms with Crippen molar-refractivity contribution in [1.29, 1.82) is 0 Å². The number of amides is 2. The standard InChI is InChI=1S/C21H21N3O2S2/c1-24(2)21(26)28-18-11-7-6-10-17(18)23-19(25)13-16-14-27-20(22-16)12-15-8-4-3-5-9-15/h3-11,14H,12-13H2,1-2H3,(H,23,25). The van der Waals surface area contributed by atoms with Gasteiger partial charge >= 0.3 is 0 Å². The molecule has 28 heavy (non-hydrogen) atoms. The number of benzene rings is 2. The van der Waals surface area contributed by atoms with Gasteiger partial charge in [0.2, 0.25) is 5.91 Å². The maximum atomic E-state index is 12.5. The van der Waals surface area contributed by atoms with Gasteiger partial charge in [-0.2, -0.15) is 0 Å². The number of nitrogens with zero attached hydrogens (tertiary/aromatic N) is 2. The van der Waals surface area contributed by atoms with Crippen LogP contribution in [0.5, 0.6) is 0 Å². The van der Waals surface area contributed by atoms with Crippen molar-refractivity contribution in [3.63, 3.8) is 0 Å². The molecule has 5 nitrogen and oxygen atoms in total. The van der Waals surface area contributed by atoms with E-state index in [2.05, 4.69) is 22.4 Å². The Kier molecular flexibility index (Phi) is 6.84. The van der Waals surface area contributed by atoms with Gasteiger partial charge in [0.25, 0.3) is 5.24 Å². The van der Waals surface area contributed by atoms with Crippen LogP contribution in [0.1, 0.15) is 16.3 Å². The van der Waals surface area contributed by atoms with Crippen LogP contribution in [0, 0.1) is 0 Å². The SMILES string of the molecule is CN(C)C(=O)Sc1ccccc1NC(=O)Cc1csc(Cc2ccccc2)n1. The topological polar surface area (TPSA) is 62.3 Å². The van der Waals surface area contributed by atoms with Crippen LogP contribution >= 0.6 is 23.1 Å². The fraction of sp³-hybridized carbons (Fsp3) is 0.190. The lowest BCUT2D eigenvalue weighted by Gasteiger charge is -2.12. The number of carbonyl (C=O) groups excluding carboxylic acids is 2. The third-order valence-corrected chi connectivity index (χ3v) is 5.88. The zero-order valence-corrected chi connectivity index (χ0v) is 17.3. The molecule has 0 spiro atoms. The first-order valence-corrected chi connectivity index (χ1v) is 10.5. The van der Waals surface area contributed by atoms with Gasteiger partial charge in [-0.15, -0.1) is 11.3 Å². The predicted molar refractivity (Wildman–Crippen MR) is 115 cm³/mol. The molecule has 0 radical (unpaired) electrons. The Morgan fingerprint density at radius 1 is 1.07 bits per heavy atom. The molecule has 0 unspecified atom stereocenters. The Labute approximate surface area is 172 Å². The van der Waals surface area contributed by atoms with Gasteiger partial charge in [0.05, 0.1) is 22.8 Å². The maximum Gasteiger partial charge on any atom is 0.286 e. The first-order valence-electron chi connectivity index (χ1n) is 8.76. The summed E-state index contributed by atoms with van der Waals surface area (Å²) in [6.07, 6.45) is 0.963. The third kappa shape index (κ3) is 5.68. The van der Waals surface area contributed by atoms with Crippen molar-refractivity contribution in [2.75, 3.05) is 19.4 Å². The molecule has 1 N–H and O–H groups in total. The first-order chi connectivity index (χ1) is 13.5. The minimum absolute atomic E-state index is 0.0910. The Morgan fingerprint density at radius 2 is 1.79 bits per heavy atom. The molecule has 0 saturated heterocycles. The normalized spacial score (nSPS) is 10.5. The monoisotopic (exact) mass is 411 g/mol. The molecular formula is C21H21N3O2S2. The maximum absolute atomic E-state index is 12.5. The second kappa shape index (κ2) is 9.52. The molecule has 1 aromatic heterocycles. The highest BCUT2D eigenvalue weighted by atomic mass is 32.2. The number of para-hydroxylation sites is 1. The van der Waals surface area contributed by atoms with Gasteiger partial charge in [-0.3, -0.25) is 9.59 Å². The fourth-order valence-electron chi connectivity index (χ4n) is 2.48. The zero-order chi connectivity index (χ0) is 19.9. The summed E-state index contributed by atoms with van der Waals surface area (Å²) in [7, 11) is 3.40. The van der Waals surface area contributed by atoms with E-state index in [1.807, 2.05) is 41.8 Å². The lowest BCUT2D eigenvalue weighted by Crippen LogP contribution is -2.18. The summed E-state index contributed by atoms with van der Waals surface area (Å²) in [6, 6.07) is 17.4. The molecular weight excluding hydrogens is 390 g/mol. The van der Waals surface area contributed by atoms with Crippen molar-refractivity contribution in [3.8, 4) is 0 Å². The van der Waals surface area contributed by atoms with Crippen molar-refractivity contribution >= 4 is 39.9 Å². The van der Waals surface area contributed by atoms with Crippen LogP contribution in [-0.4, -0.2) is 35.1 Å².